The van der Waals surface area contributed by atoms with Crippen LogP contribution >= 0.6 is 0 Å². The van der Waals surface area contributed by atoms with E-state index >= 15 is 0 Å². The van der Waals surface area contributed by atoms with Gasteiger partial charge in [0, 0.05) is 22.3 Å². The van der Waals surface area contributed by atoms with Crippen LogP contribution in [0.25, 0.3) is 17.7 Å². The smallest absolute Gasteiger partial charge is 0.190 e. The maximum atomic E-state index is 12.2. The standard InChI is InChI=1S/C17H15NO/c19-17-12-16(13-8-4-1-2-5-9-13)18-15-11-7-3-6-10-14(15)17/h1,3-6,8-12,18H,2,7H2. The summed E-state index contributed by atoms with van der Waals surface area (Å²) in [5.41, 5.74) is 1.98. The van der Waals surface area contributed by atoms with E-state index in [-0.39, 0.29) is 5.43 Å². The van der Waals surface area contributed by atoms with E-state index in [2.05, 4.69) is 29.3 Å². The number of nitrogens with one attached hydrogen (secondary N) is 1. The molecule has 0 saturated carbocycles. The summed E-state index contributed by atoms with van der Waals surface area (Å²) in [6.07, 6.45) is 20.0. The highest BCUT2D eigenvalue weighted by Gasteiger charge is 2.03. The molecule has 0 radical (unpaired) electrons. The van der Waals surface area contributed by atoms with Crippen LogP contribution < -0.4 is 16.0 Å². The number of rotatable bonds is 1. The van der Waals surface area contributed by atoms with Gasteiger partial charge in [-0.15, -0.1) is 0 Å². The minimum Gasteiger partial charge on any atom is -0.355 e. The van der Waals surface area contributed by atoms with Crippen molar-refractivity contribution in [3.8, 4) is 0 Å². The van der Waals surface area contributed by atoms with Gasteiger partial charge in [-0.2, -0.15) is 0 Å². The Hall–Kier alpha value is -2.35. The van der Waals surface area contributed by atoms with Crippen LogP contribution in [0, 0.1) is 0 Å². The first-order valence-electron chi connectivity index (χ1n) is 6.49. The molecule has 0 amide bonds. The number of fused-ring (bicyclic) bond motifs is 1. The van der Waals surface area contributed by atoms with E-state index in [1.807, 2.05) is 30.4 Å². The molecule has 0 aromatic carbocycles. The van der Waals surface area contributed by atoms with Crippen molar-refractivity contribution in [2.24, 2.45) is 0 Å². The van der Waals surface area contributed by atoms with E-state index in [0.29, 0.717) is 0 Å². The van der Waals surface area contributed by atoms with Crippen LogP contribution in [0.15, 0.2) is 53.4 Å². The van der Waals surface area contributed by atoms with Gasteiger partial charge in [0.2, 0.25) is 0 Å². The summed E-state index contributed by atoms with van der Waals surface area (Å²) < 4.78 is 0. The van der Waals surface area contributed by atoms with Crippen LogP contribution in [0.5, 0.6) is 0 Å². The van der Waals surface area contributed by atoms with Gasteiger partial charge in [-0.1, -0.05) is 48.6 Å². The fourth-order valence-electron chi connectivity index (χ4n) is 2.27. The van der Waals surface area contributed by atoms with Gasteiger partial charge >= 0.3 is 0 Å². The lowest BCUT2D eigenvalue weighted by atomic mass is 10.1. The first-order chi connectivity index (χ1) is 9.34. The molecule has 0 atom stereocenters. The Bertz CT molecular complexity index is 786. The maximum absolute atomic E-state index is 12.2. The van der Waals surface area contributed by atoms with Gasteiger partial charge in [0.05, 0.1) is 0 Å². The molecule has 1 heterocycles. The average Bonchev–Trinajstić information content (AvgIpc) is 2.81. The number of pyridine rings is 1. The summed E-state index contributed by atoms with van der Waals surface area (Å²) in [7, 11) is 0. The van der Waals surface area contributed by atoms with Crippen LogP contribution in [0.4, 0.5) is 0 Å². The molecule has 3 rings (SSSR count). The molecule has 0 saturated heterocycles. The molecule has 0 spiro atoms. The zero-order valence-electron chi connectivity index (χ0n) is 10.6. The molecule has 19 heavy (non-hydrogen) atoms. The molecule has 2 aliphatic carbocycles. The molecule has 2 aliphatic rings. The lowest BCUT2D eigenvalue weighted by Gasteiger charge is -2.02. The highest BCUT2D eigenvalue weighted by molar-refractivity contribution is 5.73. The molecule has 0 fully saturated rings. The van der Waals surface area contributed by atoms with Crippen LogP contribution in [-0.4, -0.2) is 4.98 Å². The molecule has 0 unspecified atom stereocenters. The first-order valence-corrected chi connectivity index (χ1v) is 6.49. The largest absolute Gasteiger partial charge is 0.355 e. The first kappa shape index (κ1) is 11.7. The monoisotopic (exact) mass is 249 g/mol. The second kappa shape index (κ2) is 5.11. The Balaban J connectivity index is 2.22. The van der Waals surface area contributed by atoms with Crippen LogP contribution in [0.1, 0.15) is 18.5 Å². The van der Waals surface area contributed by atoms with E-state index in [4.69, 9.17) is 0 Å². The van der Waals surface area contributed by atoms with Gasteiger partial charge in [0.1, 0.15) is 0 Å². The molecule has 1 N–H and O–H groups in total. The fraction of sp³-hybridized carbons (Fsp3) is 0.118. The van der Waals surface area contributed by atoms with Crippen molar-refractivity contribution in [1.29, 1.82) is 0 Å². The summed E-state index contributed by atoms with van der Waals surface area (Å²) in [4.78, 5) is 15.6. The quantitative estimate of drug-likeness (QED) is 0.808. The fourth-order valence-corrected chi connectivity index (χ4v) is 2.27. The van der Waals surface area contributed by atoms with Crippen molar-refractivity contribution in [2.45, 2.75) is 12.8 Å². The summed E-state index contributed by atoms with van der Waals surface area (Å²) in [5.74, 6) is 0. The number of aromatic nitrogens is 1. The van der Waals surface area contributed by atoms with Crippen molar-refractivity contribution < 1.29 is 0 Å². The van der Waals surface area contributed by atoms with E-state index in [1.165, 1.54) is 0 Å². The minimum absolute atomic E-state index is 0.0640. The van der Waals surface area contributed by atoms with Gasteiger partial charge in [-0.05, 0) is 24.5 Å². The van der Waals surface area contributed by atoms with Gasteiger partial charge in [0.25, 0.3) is 0 Å². The Morgan fingerprint density at radius 1 is 1.00 bits per heavy atom. The molecule has 0 aliphatic heterocycles. The zero-order valence-corrected chi connectivity index (χ0v) is 10.6. The third-order valence-corrected chi connectivity index (χ3v) is 3.25. The number of allylic oxidation sites excluding steroid dienone is 8. The normalized spacial score (nSPS) is 16.7. The molecule has 1 aromatic heterocycles. The third kappa shape index (κ3) is 2.43. The van der Waals surface area contributed by atoms with Crippen molar-refractivity contribution >= 4 is 17.7 Å². The van der Waals surface area contributed by atoms with Crippen LogP contribution in [0.2, 0.25) is 0 Å². The molecule has 2 nitrogen and oxygen atoms in total. The van der Waals surface area contributed by atoms with Crippen molar-refractivity contribution in [3.05, 3.63) is 75.1 Å². The van der Waals surface area contributed by atoms with Crippen molar-refractivity contribution in [1.82, 2.24) is 4.98 Å². The van der Waals surface area contributed by atoms with E-state index < -0.39 is 0 Å². The lowest BCUT2D eigenvalue weighted by Crippen LogP contribution is -2.41. The molecule has 94 valence electrons. The number of H-pyrrole nitrogens is 1. The maximum Gasteiger partial charge on any atom is 0.190 e. The highest BCUT2D eigenvalue weighted by Crippen LogP contribution is 2.13. The molecular formula is C17H15NO. The van der Waals surface area contributed by atoms with Gasteiger partial charge in [-0.3, -0.25) is 4.79 Å². The summed E-state index contributed by atoms with van der Waals surface area (Å²) in [5, 5.41) is 1.65. The van der Waals surface area contributed by atoms with Crippen molar-refractivity contribution in [3.63, 3.8) is 0 Å². The summed E-state index contributed by atoms with van der Waals surface area (Å²) in [6.45, 7) is 0. The second-order valence-electron chi connectivity index (χ2n) is 4.60. The lowest BCUT2D eigenvalue weighted by molar-refractivity contribution is 1.16. The van der Waals surface area contributed by atoms with Gasteiger partial charge in [0.15, 0.2) is 5.43 Å². The number of aromatic amines is 1. The summed E-state index contributed by atoms with van der Waals surface area (Å²) >= 11 is 0. The predicted molar refractivity (Wildman–Crippen MR) is 79.9 cm³/mol. The van der Waals surface area contributed by atoms with E-state index in [1.54, 1.807) is 6.07 Å². The number of hydrogen-bond donors (Lipinski definition) is 1. The molecule has 1 aromatic rings. The average molecular weight is 249 g/mol. The predicted octanol–water partition coefficient (Wildman–Crippen LogP) is 1.80. The molecule has 0 bridgehead atoms. The van der Waals surface area contributed by atoms with E-state index in [0.717, 1.165) is 34.7 Å². The highest BCUT2D eigenvalue weighted by atomic mass is 16.1. The van der Waals surface area contributed by atoms with Gasteiger partial charge in [-0.25, -0.2) is 0 Å². The van der Waals surface area contributed by atoms with E-state index in [9.17, 15) is 4.79 Å². The third-order valence-electron chi connectivity index (χ3n) is 3.25. The SMILES string of the molecule is O=c1cc(C2=CC=CCC=C2)[nH]c2c1=CC=CCC=2. The Labute approximate surface area is 111 Å². The Morgan fingerprint density at radius 2 is 1.84 bits per heavy atom. The zero-order chi connectivity index (χ0) is 13.1. The Kier molecular flexibility index (Phi) is 3.15. The van der Waals surface area contributed by atoms with Crippen LogP contribution in [-0.2, 0) is 0 Å². The minimum atomic E-state index is 0.0640. The van der Waals surface area contributed by atoms with Gasteiger partial charge < -0.3 is 4.98 Å². The molecular weight excluding hydrogens is 234 g/mol. The number of hydrogen-bond acceptors (Lipinski definition) is 1. The topological polar surface area (TPSA) is 32.9 Å². The second-order valence-corrected chi connectivity index (χ2v) is 4.60. The summed E-state index contributed by atoms with van der Waals surface area (Å²) in [6, 6.07) is 1.68. The Morgan fingerprint density at radius 3 is 2.79 bits per heavy atom. The van der Waals surface area contributed by atoms with Crippen LogP contribution in [0.3, 0.4) is 0 Å². The molecule has 2 heteroatoms. The van der Waals surface area contributed by atoms with Crippen molar-refractivity contribution in [2.75, 3.05) is 0 Å².